The van der Waals surface area contributed by atoms with E-state index in [1.54, 1.807) is 14.0 Å². The maximum Gasteiger partial charge on any atom is 0.224 e. The van der Waals surface area contributed by atoms with Gasteiger partial charge >= 0.3 is 0 Å². The third-order valence-corrected chi connectivity index (χ3v) is 3.86. The standard InChI is InChI=1S/C16H25NO3/c1-5-12(2)16(3,19)11-17-15(18)10-13-8-6-7-9-14(13)20-4/h6-9,12,19H,5,10-11H2,1-4H3,(H,17,18). The summed E-state index contributed by atoms with van der Waals surface area (Å²) in [7, 11) is 1.59. The van der Waals surface area contributed by atoms with Crippen LogP contribution in [-0.4, -0.2) is 30.3 Å². The lowest BCUT2D eigenvalue weighted by atomic mass is 9.88. The van der Waals surface area contributed by atoms with Crippen molar-refractivity contribution in [2.75, 3.05) is 13.7 Å². The Labute approximate surface area is 121 Å². The molecule has 0 bridgehead atoms. The normalized spacial score (nSPS) is 15.2. The van der Waals surface area contributed by atoms with Crippen molar-refractivity contribution in [1.29, 1.82) is 0 Å². The summed E-state index contributed by atoms with van der Waals surface area (Å²) >= 11 is 0. The van der Waals surface area contributed by atoms with Crippen molar-refractivity contribution in [2.24, 2.45) is 5.92 Å². The smallest absolute Gasteiger partial charge is 0.224 e. The quantitative estimate of drug-likeness (QED) is 0.804. The Morgan fingerprint density at radius 2 is 2.10 bits per heavy atom. The minimum atomic E-state index is -0.884. The molecule has 0 saturated carbocycles. The van der Waals surface area contributed by atoms with Gasteiger partial charge in [0.2, 0.25) is 5.91 Å². The van der Waals surface area contributed by atoms with E-state index in [-0.39, 0.29) is 24.8 Å². The van der Waals surface area contributed by atoms with E-state index in [4.69, 9.17) is 4.74 Å². The summed E-state index contributed by atoms with van der Waals surface area (Å²) < 4.78 is 5.22. The van der Waals surface area contributed by atoms with Gasteiger partial charge in [0, 0.05) is 12.1 Å². The van der Waals surface area contributed by atoms with Crippen LogP contribution in [0.1, 0.15) is 32.8 Å². The van der Waals surface area contributed by atoms with Gasteiger partial charge in [0.05, 0.1) is 19.1 Å². The number of aliphatic hydroxyl groups is 1. The monoisotopic (exact) mass is 279 g/mol. The number of methoxy groups -OCH3 is 1. The summed E-state index contributed by atoms with van der Waals surface area (Å²) in [6, 6.07) is 7.44. The summed E-state index contributed by atoms with van der Waals surface area (Å²) in [5.74, 6) is 0.725. The fourth-order valence-electron chi connectivity index (χ4n) is 1.98. The number of amides is 1. The van der Waals surface area contributed by atoms with E-state index in [1.165, 1.54) is 0 Å². The van der Waals surface area contributed by atoms with Crippen LogP contribution in [-0.2, 0) is 11.2 Å². The molecular weight excluding hydrogens is 254 g/mol. The first-order valence-electron chi connectivity index (χ1n) is 7.01. The second-order valence-corrected chi connectivity index (χ2v) is 5.43. The minimum Gasteiger partial charge on any atom is -0.496 e. The van der Waals surface area contributed by atoms with E-state index in [2.05, 4.69) is 5.32 Å². The van der Waals surface area contributed by atoms with Gasteiger partial charge in [0.1, 0.15) is 5.75 Å². The maximum atomic E-state index is 12.0. The average molecular weight is 279 g/mol. The van der Waals surface area contributed by atoms with Crippen molar-refractivity contribution in [2.45, 2.75) is 39.2 Å². The van der Waals surface area contributed by atoms with Crippen LogP contribution in [0.4, 0.5) is 0 Å². The molecule has 4 nitrogen and oxygen atoms in total. The number of hydrogen-bond donors (Lipinski definition) is 2. The molecule has 4 heteroatoms. The first kappa shape index (κ1) is 16.5. The van der Waals surface area contributed by atoms with Gasteiger partial charge in [0.25, 0.3) is 0 Å². The third-order valence-electron chi connectivity index (χ3n) is 3.86. The Hall–Kier alpha value is -1.55. The highest BCUT2D eigenvalue weighted by Crippen LogP contribution is 2.20. The molecule has 112 valence electrons. The van der Waals surface area contributed by atoms with Crippen LogP contribution < -0.4 is 10.1 Å². The molecule has 2 N–H and O–H groups in total. The van der Waals surface area contributed by atoms with Crippen molar-refractivity contribution < 1.29 is 14.6 Å². The Bertz CT molecular complexity index is 443. The van der Waals surface area contributed by atoms with Gasteiger partial charge in [0.15, 0.2) is 0 Å². The van der Waals surface area contributed by atoms with Crippen LogP contribution in [0.2, 0.25) is 0 Å². The number of carbonyl (C=O) groups excluding carboxylic acids is 1. The first-order chi connectivity index (χ1) is 9.40. The fourth-order valence-corrected chi connectivity index (χ4v) is 1.98. The van der Waals surface area contributed by atoms with E-state index in [0.717, 1.165) is 12.0 Å². The molecule has 1 aromatic rings. The second kappa shape index (κ2) is 7.29. The van der Waals surface area contributed by atoms with Gasteiger partial charge in [-0.05, 0) is 18.9 Å². The molecule has 0 aliphatic heterocycles. The van der Waals surface area contributed by atoms with E-state index in [1.807, 2.05) is 38.1 Å². The molecule has 1 rings (SSSR count). The van der Waals surface area contributed by atoms with Gasteiger partial charge in [-0.3, -0.25) is 4.79 Å². The molecular formula is C16H25NO3. The van der Waals surface area contributed by atoms with Gasteiger partial charge in [-0.25, -0.2) is 0 Å². The van der Waals surface area contributed by atoms with Crippen LogP contribution in [0.3, 0.4) is 0 Å². The van der Waals surface area contributed by atoms with Gasteiger partial charge in [-0.1, -0.05) is 38.5 Å². The lowest BCUT2D eigenvalue weighted by Gasteiger charge is -2.29. The van der Waals surface area contributed by atoms with Crippen molar-refractivity contribution >= 4 is 5.91 Å². The van der Waals surface area contributed by atoms with Gasteiger partial charge < -0.3 is 15.2 Å². The highest BCUT2D eigenvalue weighted by molar-refractivity contribution is 5.79. The van der Waals surface area contributed by atoms with Crippen molar-refractivity contribution in [3.63, 3.8) is 0 Å². The average Bonchev–Trinajstić information content (AvgIpc) is 2.45. The number of rotatable bonds is 7. The highest BCUT2D eigenvalue weighted by atomic mass is 16.5. The molecule has 1 amide bonds. The summed E-state index contributed by atoms with van der Waals surface area (Å²) in [6.07, 6.45) is 1.12. The number of hydrogen-bond acceptors (Lipinski definition) is 3. The Morgan fingerprint density at radius 1 is 1.45 bits per heavy atom. The molecule has 0 aliphatic carbocycles. The van der Waals surface area contributed by atoms with Crippen LogP contribution in [0.15, 0.2) is 24.3 Å². The number of nitrogens with one attached hydrogen (secondary N) is 1. The lowest BCUT2D eigenvalue weighted by Crippen LogP contribution is -2.45. The predicted molar refractivity (Wildman–Crippen MR) is 79.8 cm³/mol. The van der Waals surface area contributed by atoms with Crippen molar-refractivity contribution in [3.05, 3.63) is 29.8 Å². The van der Waals surface area contributed by atoms with Crippen molar-refractivity contribution in [1.82, 2.24) is 5.32 Å². The Balaban J connectivity index is 2.56. The fraction of sp³-hybridized carbons (Fsp3) is 0.562. The van der Waals surface area contributed by atoms with Crippen LogP contribution in [0.25, 0.3) is 0 Å². The van der Waals surface area contributed by atoms with Crippen LogP contribution in [0, 0.1) is 5.92 Å². The summed E-state index contributed by atoms with van der Waals surface area (Å²) in [4.78, 5) is 12.0. The number of ether oxygens (including phenoxy) is 1. The molecule has 0 fully saturated rings. The zero-order chi connectivity index (χ0) is 15.2. The molecule has 1 aromatic carbocycles. The maximum absolute atomic E-state index is 12.0. The summed E-state index contributed by atoms with van der Waals surface area (Å²) in [5, 5.41) is 13.1. The number of benzene rings is 1. The highest BCUT2D eigenvalue weighted by Gasteiger charge is 2.27. The molecule has 0 radical (unpaired) electrons. The molecule has 0 aromatic heterocycles. The van der Waals surface area contributed by atoms with E-state index >= 15 is 0 Å². The number of para-hydroxylation sites is 1. The zero-order valence-electron chi connectivity index (χ0n) is 12.8. The Morgan fingerprint density at radius 3 is 2.70 bits per heavy atom. The van der Waals surface area contributed by atoms with Gasteiger partial charge in [-0.15, -0.1) is 0 Å². The van der Waals surface area contributed by atoms with E-state index in [0.29, 0.717) is 5.75 Å². The van der Waals surface area contributed by atoms with Gasteiger partial charge in [-0.2, -0.15) is 0 Å². The predicted octanol–water partition coefficient (Wildman–Crippen LogP) is 2.15. The summed E-state index contributed by atoms with van der Waals surface area (Å²) in [6.45, 7) is 6.02. The van der Waals surface area contributed by atoms with E-state index < -0.39 is 5.60 Å². The molecule has 20 heavy (non-hydrogen) atoms. The summed E-state index contributed by atoms with van der Waals surface area (Å²) in [5.41, 5.74) is -0.0405. The lowest BCUT2D eigenvalue weighted by molar-refractivity contribution is -0.122. The third kappa shape index (κ3) is 4.53. The molecule has 0 spiro atoms. The van der Waals surface area contributed by atoms with E-state index in [9.17, 15) is 9.90 Å². The second-order valence-electron chi connectivity index (χ2n) is 5.43. The molecule has 0 aliphatic rings. The van der Waals surface area contributed by atoms with Crippen LogP contribution >= 0.6 is 0 Å². The topological polar surface area (TPSA) is 58.6 Å². The minimum absolute atomic E-state index is 0.113. The zero-order valence-corrected chi connectivity index (χ0v) is 12.8. The largest absolute Gasteiger partial charge is 0.496 e. The molecule has 0 saturated heterocycles. The molecule has 0 heterocycles. The number of carbonyl (C=O) groups is 1. The Kier molecular flexibility index (Phi) is 6.02. The van der Waals surface area contributed by atoms with Crippen molar-refractivity contribution in [3.8, 4) is 5.75 Å². The first-order valence-corrected chi connectivity index (χ1v) is 7.01. The SMILES string of the molecule is CCC(C)C(C)(O)CNC(=O)Cc1ccccc1OC. The molecule has 2 unspecified atom stereocenters. The van der Waals surface area contributed by atoms with Crippen LogP contribution in [0.5, 0.6) is 5.75 Å². The molecule has 2 atom stereocenters.